The standard InChI is InChI=1S/C12H16O7/c1-6-2-7(14)3-8(15)11(6)12(18)19-5-10(17)9(16)4-13/h2-3,9-10,13-17H,4-5H2,1H3/t9-,10-/m0/s1. The van der Waals surface area contributed by atoms with Crippen LogP contribution < -0.4 is 0 Å². The van der Waals surface area contributed by atoms with Crippen molar-refractivity contribution < 1.29 is 35.1 Å². The van der Waals surface area contributed by atoms with Crippen molar-refractivity contribution in [1.29, 1.82) is 0 Å². The highest BCUT2D eigenvalue weighted by Gasteiger charge is 2.21. The summed E-state index contributed by atoms with van der Waals surface area (Å²) in [4.78, 5) is 11.7. The second-order valence-corrected chi connectivity index (χ2v) is 4.07. The molecule has 0 aliphatic carbocycles. The number of ether oxygens (including phenoxy) is 1. The van der Waals surface area contributed by atoms with Crippen molar-refractivity contribution in [3.8, 4) is 11.5 Å². The number of rotatable bonds is 5. The molecule has 2 atom stereocenters. The third kappa shape index (κ3) is 3.82. The van der Waals surface area contributed by atoms with E-state index in [9.17, 15) is 20.1 Å². The van der Waals surface area contributed by atoms with Gasteiger partial charge in [0.25, 0.3) is 0 Å². The molecule has 0 aliphatic heterocycles. The number of aliphatic hydroxyl groups excluding tert-OH is 3. The maximum absolute atomic E-state index is 11.7. The number of phenolic OH excluding ortho intramolecular Hbond substituents is 2. The van der Waals surface area contributed by atoms with Gasteiger partial charge in [0.1, 0.15) is 35.9 Å². The number of hydrogen-bond acceptors (Lipinski definition) is 7. The van der Waals surface area contributed by atoms with Gasteiger partial charge in [0, 0.05) is 6.07 Å². The third-order valence-electron chi connectivity index (χ3n) is 2.52. The van der Waals surface area contributed by atoms with E-state index >= 15 is 0 Å². The first-order valence-corrected chi connectivity index (χ1v) is 5.53. The van der Waals surface area contributed by atoms with E-state index in [-0.39, 0.29) is 11.3 Å². The van der Waals surface area contributed by atoms with Crippen molar-refractivity contribution in [2.75, 3.05) is 13.2 Å². The van der Waals surface area contributed by atoms with Crippen LogP contribution in [0.1, 0.15) is 15.9 Å². The average Bonchev–Trinajstić information content (AvgIpc) is 2.33. The molecule has 0 aromatic heterocycles. The Labute approximate surface area is 109 Å². The minimum atomic E-state index is -1.42. The molecule has 1 aromatic rings. The summed E-state index contributed by atoms with van der Waals surface area (Å²) in [6.07, 6.45) is -2.84. The molecule has 0 heterocycles. The lowest BCUT2D eigenvalue weighted by Crippen LogP contribution is -2.34. The third-order valence-corrected chi connectivity index (χ3v) is 2.52. The first kappa shape index (κ1) is 15.2. The maximum atomic E-state index is 11.7. The van der Waals surface area contributed by atoms with Crippen LogP contribution in [0.25, 0.3) is 0 Å². The predicted octanol–water partition coefficient (Wildman–Crippen LogP) is -0.723. The largest absolute Gasteiger partial charge is 0.508 e. The molecule has 7 nitrogen and oxygen atoms in total. The van der Waals surface area contributed by atoms with Crippen LogP contribution >= 0.6 is 0 Å². The number of carbonyl (C=O) groups excluding carboxylic acids is 1. The van der Waals surface area contributed by atoms with Crippen LogP contribution in [0.2, 0.25) is 0 Å². The number of phenols is 2. The topological polar surface area (TPSA) is 127 Å². The van der Waals surface area contributed by atoms with Gasteiger partial charge in [-0.05, 0) is 18.6 Å². The Morgan fingerprint density at radius 3 is 2.42 bits per heavy atom. The van der Waals surface area contributed by atoms with Gasteiger partial charge in [-0.1, -0.05) is 0 Å². The van der Waals surface area contributed by atoms with Gasteiger partial charge in [0.15, 0.2) is 0 Å². The highest BCUT2D eigenvalue weighted by Crippen LogP contribution is 2.27. The van der Waals surface area contributed by atoms with Gasteiger partial charge in [-0.15, -0.1) is 0 Å². The van der Waals surface area contributed by atoms with Gasteiger partial charge in [0.2, 0.25) is 0 Å². The quantitative estimate of drug-likeness (QED) is 0.447. The molecular weight excluding hydrogens is 256 g/mol. The monoisotopic (exact) mass is 272 g/mol. The van der Waals surface area contributed by atoms with Crippen molar-refractivity contribution in [2.45, 2.75) is 19.1 Å². The Hall–Kier alpha value is -1.83. The van der Waals surface area contributed by atoms with Crippen molar-refractivity contribution >= 4 is 5.97 Å². The van der Waals surface area contributed by atoms with Crippen LogP contribution in [0, 0.1) is 6.92 Å². The SMILES string of the molecule is Cc1cc(O)cc(O)c1C(=O)OC[C@H](O)[C@@H](O)CO. The van der Waals surface area contributed by atoms with Crippen LogP contribution in [-0.4, -0.2) is 56.9 Å². The maximum Gasteiger partial charge on any atom is 0.342 e. The Kier molecular flexibility index (Phi) is 5.11. The highest BCUT2D eigenvalue weighted by atomic mass is 16.5. The van der Waals surface area contributed by atoms with E-state index in [0.29, 0.717) is 5.56 Å². The van der Waals surface area contributed by atoms with E-state index in [1.165, 1.54) is 13.0 Å². The lowest BCUT2D eigenvalue weighted by atomic mass is 10.1. The van der Waals surface area contributed by atoms with Gasteiger partial charge < -0.3 is 30.3 Å². The number of benzene rings is 1. The van der Waals surface area contributed by atoms with Crippen LogP contribution in [-0.2, 0) is 4.74 Å². The smallest absolute Gasteiger partial charge is 0.342 e. The van der Waals surface area contributed by atoms with Crippen LogP contribution in [0.4, 0.5) is 0 Å². The van der Waals surface area contributed by atoms with E-state index in [0.717, 1.165) is 6.07 Å². The number of aryl methyl sites for hydroxylation is 1. The summed E-state index contributed by atoms with van der Waals surface area (Å²) in [7, 11) is 0. The summed E-state index contributed by atoms with van der Waals surface area (Å²) in [6.45, 7) is 0.303. The Bertz CT molecular complexity index is 434. The summed E-state index contributed by atoms with van der Waals surface area (Å²) in [5.41, 5.74) is 0.170. The lowest BCUT2D eigenvalue weighted by Gasteiger charge is -2.16. The number of carbonyl (C=O) groups is 1. The van der Waals surface area contributed by atoms with Gasteiger partial charge in [-0.25, -0.2) is 4.79 Å². The van der Waals surface area contributed by atoms with Gasteiger partial charge in [-0.3, -0.25) is 0 Å². The van der Waals surface area contributed by atoms with Crippen molar-refractivity contribution in [3.05, 3.63) is 23.3 Å². The van der Waals surface area contributed by atoms with E-state index in [1.807, 2.05) is 0 Å². The van der Waals surface area contributed by atoms with E-state index in [4.69, 9.17) is 14.9 Å². The fourth-order valence-corrected chi connectivity index (χ4v) is 1.48. The number of aromatic hydroxyl groups is 2. The van der Waals surface area contributed by atoms with Gasteiger partial charge in [-0.2, -0.15) is 0 Å². The van der Waals surface area contributed by atoms with Gasteiger partial charge >= 0.3 is 5.97 Å². The Morgan fingerprint density at radius 1 is 1.26 bits per heavy atom. The molecule has 0 saturated carbocycles. The Morgan fingerprint density at radius 2 is 1.89 bits per heavy atom. The molecule has 0 radical (unpaired) electrons. The second-order valence-electron chi connectivity index (χ2n) is 4.07. The molecule has 0 fully saturated rings. The summed E-state index contributed by atoms with van der Waals surface area (Å²) in [6, 6.07) is 2.26. The predicted molar refractivity (Wildman–Crippen MR) is 63.9 cm³/mol. The molecule has 0 amide bonds. The zero-order chi connectivity index (χ0) is 14.6. The van der Waals surface area contributed by atoms with Crippen molar-refractivity contribution in [2.24, 2.45) is 0 Å². The van der Waals surface area contributed by atoms with E-state index in [1.54, 1.807) is 0 Å². The van der Waals surface area contributed by atoms with Crippen LogP contribution in [0.5, 0.6) is 11.5 Å². The van der Waals surface area contributed by atoms with E-state index < -0.39 is 37.1 Å². The fraction of sp³-hybridized carbons (Fsp3) is 0.417. The molecule has 0 unspecified atom stereocenters. The summed E-state index contributed by atoms with van der Waals surface area (Å²) >= 11 is 0. The van der Waals surface area contributed by atoms with Gasteiger partial charge in [0.05, 0.1) is 6.61 Å². The molecular formula is C12H16O7. The molecule has 106 valence electrons. The average molecular weight is 272 g/mol. The number of esters is 1. The summed E-state index contributed by atoms with van der Waals surface area (Å²) in [5, 5.41) is 45.7. The first-order chi connectivity index (χ1) is 8.86. The second kappa shape index (κ2) is 6.37. The lowest BCUT2D eigenvalue weighted by molar-refractivity contribution is -0.0468. The van der Waals surface area contributed by atoms with Crippen LogP contribution in [0.15, 0.2) is 12.1 Å². The van der Waals surface area contributed by atoms with E-state index in [2.05, 4.69) is 0 Å². The highest BCUT2D eigenvalue weighted by molar-refractivity contribution is 5.94. The Balaban J connectivity index is 2.74. The molecule has 5 N–H and O–H groups in total. The fourth-order valence-electron chi connectivity index (χ4n) is 1.48. The normalized spacial score (nSPS) is 13.9. The zero-order valence-electron chi connectivity index (χ0n) is 10.3. The van der Waals surface area contributed by atoms with Crippen molar-refractivity contribution in [1.82, 2.24) is 0 Å². The zero-order valence-corrected chi connectivity index (χ0v) is 10.3. The van der Waals surface area contributed by atoms with Crippen molar-refractivity contribution in [3.63, 3.8) is 0 Å². The molecule has 19 heavy (non-hydrogen) atoms. The molecule has 0 bridgehead atoms. The molecule has 0 saturated heterocycles. The molecule has 7 heteroatoms. The summed E-state index contributed by atoms with van der Waals surface area (Å²) < 4.78 is 4.71. The minimum absolute atomic E-state index is 0.136. The molecule has 1 rings (SSSR count). The first-order valence-electron chi connectivity index (χ1n) is 5.53. The molecule has 1 aromatic carbocycles. The number of hydrogen-bond donors (Lipinski definition) is 5. The molecule has 0 aliphatic rings. The summed E-state index contributed by atoms with van der Waals surface area (Å²) in [5.74, 6) is -1.54. The molecule has 0 spiro atoms. The number of aliphatic hydroxyl groups is 3. The van der Waals surface area contributed by atoms with Crippen LogP contribution in [0.3, 0.4) is 0 Å². The minimum Gasteiger partial charge on any atom is -0.508 e.